The van der Waals surface area contributed by atoms with Gasteiger partial charge in [0.05, 0.1) is 22.4 Å². The molecule has 7 nitrogen and oxygen atoms in total. The summed E-state index contributed by atoms with van der Waals surface area (Å²) in [7, 11) is 3.77. The molecule has 1 aliphatic heterocycles. The largest absolute Gasteiger partial charge is 0.463 e. The molecule has 0 amide bonds. The second kappa shape index (κ2) is 8.08. The van der Waals surface area contributed by atoms with Gasteiger partial charge in [0.2, 0.25) is 0 Å². The highest BCUT2D eigenvalue weighted by Gasteiger charge is 2.33. The fraction of sp³-hybridized carbons (Fsp3) is 0.286. The molecule has 0 saturated heterocycles. The Morgan fingerprint density at radius 3 is 2.80 bits per heavy atom. The molecule has 156 valence electrons. The van der Waals surface area contributed by atoms with E-state index in [2.05, 4.69) is 4.99 Å². The smallest absolute Gasteiger partial charge is 0.338 e. The summed E-state index contributed by atoms with van der Waals surface area (Å²) >= 11 is 2.77. The fourth-order valence-electron chi connectivity index (χ4n) is 3.30. The van der Waals surface area contributed by atoms with Crippen molar-refractivity contribution in [2.45, 2.75) is 19.9 Å². The number of thiophene rings is 1. The van der Waals surface area contributed by atoms with Crippen LogP contribution in [0.15, 0.2) is 55.1 Å². The number of anilines is 1. The van der Waals surface area contributed by atoms with Crippen molar-refractivity contribution in [1.82, 2.24) is 4.57 Å². The van der Waals surface area contributed by atoms with Gasteiger partial charge in [0.25, 0.3) is 5.56 Å². The van der Waals surface area contributed by atoms with Crippen molar-refractivity contribution in [3.63, 3.8) is 0 Å². The van der Waals surface area contributed by atoms with Crippen molar-refractivity contribution in [3.05, 3.63) is 71.2 Å². The second-order valence-corrected chi connectivity index (χ2v) is 8.88. The van der Waals surface area contributed by atoms with Crippen LogP contribution in [-0.4, -0.2) is 31.2 Å². The molecule has 0 radical (unpaired) electrons. The van der Waals surface area contributed by atoms with E-state index in [1.54, 1.807) is 24.5 Å². The van der Waals surface area contributed by atoms with Crippen LogP contribution in [-0.2, 0) is 9.53 Å². The van der Waals surface area contributed by atoms with E-state index in [-0.39, 0.29) is 12.2 Å². The van der Waals surface area contributed by atoms with Crippen LogP contribution in [0.1, 0.15) is 30.5 Å². The van der Waals surface area contributed by atoms with Gasteiger partial charge in [-0.3, -0.25) is 9.36 Å². The Morgan fingerprint density at radius 2 is 2.17 bits per heavy atom. The third-order valence-corrected chi connectivity index (χ3v) is 6.56. The van der Waals surface area contributed by atoms with Crippen molar-refractivity contribution in [2.75, 3.05) is 25.6 Å². The minimum absolute atomic E-state index is 0.214. The number of carbonyl (C=O) groups excluding carboxylic acids is 1. The van der Waals surface area contributed by atoms with Crippen molar-refractivity contribution < 1.29 is 13.9 Å². The monoisotopic (exact) mass is 443 g/mol. The average Bonchev–Trinajstić information content (AvgIpc) is 3.43. The lowest BCUT2D eigenvalue weighted by Crippen LogP contribution is -2.39. The van der Waals surface area contributed by atoms with Gasteiger partial charge < -0.3 is 14.1 Å². The zero-order valence-electron chi connectivity index (χ0n) is 17.0. The molecule has 0 aliphatic carbocycles. The maximum atomic E-state index is 13.4. The Morgan fingerprint density at radius 1 is 1.37 bits per heavy atom. The minimum Gasteiger partial charge on any atom is -0.463 e. The molecule has 3 aromatic rings. The van der Waals surface area contributed by atoms with Gasteiger partial charge in [0.1, 0.15) is 11.8 Å². The molecule has 0 fully saturated rings. The molecule has 0 N–H and O–H groups in total. The highest BCUT2D eigenvalue weighted by Crippen LogP contribution is 2.33. The van der Waals surface area contributed by atoms with Crippen molar-refractivity contribution in [2.24, 2.45) is 4.99 Å². The Kier molecular flexibility index (Phi) is 5.48. The molecule has 0 unspecified atom stereocenters. The molecule has 3 aromatic heterocycles. The molecule has 0 aromatic carbocycles. The quantitative estimate of drug-likeness (QED) is 0.567. The highest BCUT2D eigenvalue weighted by atomic mass is 32.1. The molecular formula is C21H21N3O4S2. The lowest BCUT2D eigenvalue weighted by Gasteiger charge is -2.23. The number of thiazole rings is 1. The van der Waals surface area contributed by atoms with E-state index in [1.165, 1.54) is 22.7 Å². The molecule has 0 spiro atoms. The number of nitrogens with zero attached hydrogens (tertiary/aromatic N) is 3. The van der Waals surface area contributed by atoms with E-state index >= 15 is 0 Å². The van der Waals surface area contributed by atoms with Crippen LogP contribution >= 0.6 is 22.7 Å². The summed E-state index contributed by atoms with van der Waals surface area (Å²) in [6.07, 6.45) is 1.71. The van der Waals surface area contributed by atoms with Crippen LogP contribution < -0.4 is 19.8 Å². The second-order valence-electron chi connectivity index (χ2n) is 6.89. The summed E-state index contributed by atoms with van der Waals surface area (Å²) in [5.74, 6) is 0.831. The Balaban J connectivity index is 1.90. The standard InChI is InChI=1S/C21H21N3O4S2/c1-5-27-20(26)17-12(2)22-21-24(18(17)14-7-6-10-29-14)19(25)15(30-21)11-13-8-9-16(28-13)23(3)4/h6-11,18H,5H2,1-4H3/b15-11+/t18-/m0/s1. The van der Waals surface area contributed by atoms with Gasteiger partial charge in [-0.1, -0.05) is 17.4 Å². The Labute approximate surface area is 180 Å². The lowest BCUT2D eigenvalue weighted by molar-refractivity contribution is -0.139. The third-order valence-electron chi connectivity index (χ3n) is 4.66. The molecule has 9 heteroatoms. The van der Waals surface area contributed by atoms with Crippen LogP contribution in [0.5, 0.6) is 0 Å². The predicted octanol–water partition coefficient (Wildman–Crippen LogP) is 2.52. The van der Waals surface area contributed by atoms with Crippen molar-refractivity contribution >= 4 is 40.6 Å². The van der Waals surface area contributed by atoms with Crippen LogP contribution in [0.3, 0.4) is 0 Å². The number of aromatic nitrogens is 1. The average molecular weight is 444 g/mol. The summed E-state index contributed by atoms with van der Waals surface area (Å²) in [4.78, 5) is 33.9. The van der Waals surface area contributed by atoms with Crippen LogP contribution in [0, 0.1) is 0 Å². The normalized spacial score (nSPS) is 16.4. The Bertz CT molecular complexity index is 1290. The highest BCUT2D eigenvalue weighted by molar-refractivity contribution is 7.10. The third kappa shape index (κ3) is 3.54. The van der Waals surface area contributed by atoms with E-state index in [0.29, 0.717) is 32.2 Å². The molecule has 30 heavy (non-hydrogen) atoms. The molecular weight excluding hydrogens is 422 g/mol. The topological polar surface area (TPSA) is 77.0 Å². The SMILES string of the molecule is CCOC(=O)C1=C(C)N=c2s/c(=C/c3ccc(N(C)C)o3)c(=O)n2[C@H]1c1cccs1. The van der Waals surface area contributed by atoms with E-state index < -0.39 is 12.0 Å². The zero-order valence-corrected chi connectivity index (χ0v) is 18.7. The van der Waals surface area contributed by atoms with E-state index in [0.717, 1.165) is 4.88 Å². The maximum Gasteiger partial charge on any atom is 0.338 e. The van der Waals surface area contributed by atoms with E-state index in [1.807, 2.05) is 48.6 Å². The van der Waals surface area contributed by atoms with Gasteiger partial charge in [-0.25, -0.2) is 9.79 Å². The Hall–Kier alpha value is -2.91. The van der Waals surface area contributed by atoms with Gasteiger partial charge in [-0.2, -0.15) is 0 Å². The zero-order chi connectivity index (χ0) is 21.4. The number of carbonyl (C=O) groups is 1. The molecule has 0 bridgehead atoms. The number of allylic oxidation sites excluding steroid dienone is 1. The van der Waals surface area contributed by atoms with Gasteiger partial charge >= 0.3 is 5.97 Å². The van der Waals surface area contributed by atoms with Crippen molar-refractivity contribution in [1.29, 1.82) is 0 Å². The molecule has 1 aliphatic rings. The number of hydrogen-bond acceptors (Lipinski definition) is 8. The first-order valence-corrected chi connectivity index (χ1v) is 11.1. The number of hydrogen-bond donors (Lipinski definition) is 0. The number of esters is 1. The first-order valence-electron chi connectivity index (χ1n) is 9.41. The van der Waals surface area contributed by atoms with Crippen LogP contribution in [0.4, 0.5) is 5.88 Å². The van der Waals surface area contributed by atoms with Gasteiger partial charge in [-0.05, 0) is 31.4 Å². The number of furan rings is 1. The first-order chi connectivity index (χ1) is 14.4. The van der Waals surface area contributed by atoms with Gasteiger partial charge in [0, 0.05) is 31.1 Å². The first kappa shape index (κ1) is 20.4. The molecule has 0 saturated carbocycles. The summed E-state index contributed by atoms with van der Waals surface area (Å²) in [6, 6.07) is 6.93. The molecule has 1 atom stereocenters. The summed E-state index contributed by atoms with van der Waals surface area (Å²) in [5, 5.41) is 1.93. The minimum atomic E-state index is -0.559. The number of rotatable bonds is 5. The molecule has 4 heterocycles. The maximum absolute atomic E-state index is 13.4. The van der Waals surface area contributed by atoms with Crippen LogP contribution in [0.25, 0.3) is 6.08 Å². The predicted molar refractivity (Wildman–Crippen MR) is 118 cm³/mol. The summed E-state index contributed by atoms with van der Waals surface area (Å²) in [6.45, 7) is 3.79. The van der Waals surface area contributed by atoms with Gasteiger partial charge in [0.15, 0.2) is 10.7 Å². The molecule has 4 rings (SSSR count). The van der Waals surface area contributed by atoms with Crippen LogP contribution in [0.2, 0.25) is 0 Å². The van der Waals surface area contributed by atoms with Gasteiger partial charge in [-0.15, -0.1) is 11.3 Å². The van der Waals surface area contributed by atoms with E-state index in [4.69, 9.17) is 9.15 Å². The number of ether oxygens (including phenoxy) is 1. The van der Waals surface area contributed by atoms with Crippen molar-refractivity contribution in [3.8, 4) is 0 Å². The lowest BCUT2D eigenvalue weighted by atomic mass is 10.0. The van der Waals surface area contributed by atoms with E-state index in [9.17, 15) is 9.59 Å². The number of fused-ring (bicyclic) bond motifs is 1. The summed E-state index contributed by atoms with van der Waals surface area (Å²) in [5.41, 5.74) is 0.743. The fourth-order valence-corrected chi connectivity index (χ4v) is 5.15. The summed E-state index contributed by atoms with van der Waals surface area (Å²) < 4.78 is 13.1.